The van der Waals surface area contributed by atoms with Crippen LogP contribution in [0.15, 0.2) is 55.1 Å². The lowest BCUT2D eigenvalue weighted by Crippen LogP contribution is -2.23. The Labute approximate surface area is 141 Å². The second-order valence-electron chi connectivity index (χ2n) is 4.86. The van der Waals surface area contributed by atoms with Gasteiger partial charge in [0.05, 0.1) is 5.97 Å². The van der Waals surface area contributed by atoms with Crippen LogP contribution < -0.4 is 10.4 Å². The normalized spacial score (nSPS) is 10.4. The molecule has 0 fully saturated rings. The third-order valence-electron chi connectivity index (χ3n) is 3.27. The van der Waals surface area contributed by atoms with Gasteiger partial charge in [0.15, 0.2) is 0 Å². The number of nitrogens with one attached hydrogen (secondary N) is 1. The minimum absolute atomic E-state index is 0.0441. The lowest BCUT2D eigenvalue weighted by Gasteiger charge is -2.10. The zero-order valence-corrected chi connectivity index (χ0v) is 12.9. The van der Waals surface area contributed by atoms with Crippen LogP contribution in [-0.2, 0) is 0 Å². The number of amides is 1. The summed E-state index contributed by atoms with van der Waals surface area (Å²) in [7, 11) is 0. The highest BCUT2D eigenvalue weighted by molar-refractivity contribution is 6.33. The van der Waals surface area contributed by atoms with E-state index in [0.29, 0.717) is 11.3 Å². The molecule has 7 nitrogen and oxygen atoms in total. The fourth-order valence-electron chi connectivity index (χ4n) is 2.10. The lowest BCUT2D eigenvalue weighted by molar-refractivity contribution is -0.255. The summed E-state index contributed by atoms with van der Waals surface area (Å²) in [6, 6.07) is 11.0. The Balaban J connectivity index is 1.84. The van der Waals surface area contributed by atoms with Gasteiger partial charge in [-0.2, -0.15) is 0 Å². The number of carbonyl (C=O) groups is 2. The van der Waals surface area contributed by atoms with E-state index in [9.17, 15) is 14.7 Å². The molecule has 0 spiro atoms. The van der Waals surface area contributed by atoms with E-state index in [2.05, 4.69) is 15.5 Å². The second-order valence-corrected chi connectivity index (χ2v) is 5.26. The Bertz CT molecular complexity index is 909. The van der Waals surface area contributed by atoms with Crippen LogP contribution in [0.1, 0.15) is 20.7 Å². The number of carboxylic acids is 1. The third-order valence-corrected chi connectivity index (χ3v) is 3.60. The summed E-state index contributed by atoms with van der Waals surface area (Å²) in [6.07, 6.45) is 3.03. The first-order valence-electron chi connectivity index (χ1n) is 6.82. The van der Waals surface area contributed by atoms with Crippen molar-refractivity contribution in [3.63, 3.8) is 0 Å². The van der Waals surface area contributed by atoms with Gasteiger partial charge in [-0.05, 0) is 36.4 Å². The first kappa shape index (κ1) is 15.7. The Morgan fingerprint density at radius 1 is 1.08 bits per heavy atom. The number of carbonyl (C=O) groups excluding carboxylic acids is 2. The topological polar surface area (TPSA) is 99.9 Å². The van der Waals surface area contributed by atoms with Crippen LogP contribution >= 0.6 is 11.6 Å². The molecule has 0 unspecified atom stereocenters. The van der Waals surface area contributed by atoms with Crippen molar-refractivity contribution < 1.29 is 14.7 Å². The van der Waals surface area contributed by atoms with Gasteiger partial charge in [-0.15, -0.1) is 10.2 Å². The smallest absolute Gasteiger partial charge is 0.255 e. The maximum Gasteiger partial charge on any atom is 0.255 e. The Morgan fingerprint density at radius 2 is 1.83 bits per heavy atom. The molecule has 0 bridgehead atoms. The summed E-state index contributed by atoms with van der Waals surface area (Å²) in [4.78, 5) is 23.3. The molecule has 1 N–H and O–H groups in total. The molecule has 120 valence electrons. The number of aromatic nitrogens is 3. The molecular formula is C16H10ClN4O3-. The number of carboxylic acid groups (broad SMARTS) is 1. The quantitative estimate of drug-likeness (QED) is 0.775. The van der Waals surface area contributed by atoms with Gasteiger partial charge in [-0.1, -0.05) is 17.7 Å². The average Bonchev–Trinajstić information content (AvgIpc) is 3.11. The highest BCUT2D eigenvalue weighted by Gasteiger charge is 2.09. The van der Waals surface area contributed by atoms with Crippen LogP contribution in [0.3, 0.4) is 0 Å². The zero-order chi connectivity index (χ0) is 17.1. The predicted octanol–water partition coefficient (Wildman–Crippen LogP) is 1.54. The molecule has 0 aliphatic rings. The molecule has 1 heterocycles. The SMILES string of the molecule is O=C(Nc1ccc(Cl)c(C(=O)[O-])c1)c1cccc(-n2cnnc2)c1. The second kappa shape index (κ2) is 6.51. The first-order valence-corrected chi connectivity index (χ1v) is 7.20. The number of aromatic carboxylic acids is 1. The number of anilines is 1. The molecule has 0 aliphatic heterocycles. The minimum Gasteiger partial charge on any atom is -0.545 e. The van der Waals surface area contributed by atoms with Gasteiger partial charge >= 0.3 is 0 Å². The molecule has 8 heteroatoms. The van der Waals surface area contributed by atoms with Crippen molar-refractivity contribution in [1.29, 1.82) is 0 Å². The number of rotatable bonds is 4. The third kappa shape index (κ3) is 3.26. The number of hydrogen-bond donors (Lipinski definition) is 1. The van der Waals surface area contributed by atoms with E-state index in [-0.39, 0.29) is 10.6 Å². The molecule has 0 saturated heterocycles. The molecule has 0 atom stereocenters. The summed E-state index contributed by atoms with van der Waals surface area (Å²) in [5.41, 5.74) is 1.23. The van der Waals surface area contributed by atoms with E-state index in [0.717, 1.165) is 5.69 Å². The summed E-state index contributed by atoms with van der Waals surface area (Å²) in [6.45, 7) is 0. The molecule has 3 aromatic rings. The number of halogens is 1. The van der Waals surface area contributed by atoms with Gasteiger partial charge in [0, 0.05) is 27.5 Å². The van der Waals surface area contributed by atoms with E-state index >= 15 is 0 Å². The molecule has 0 saturated carbocycles. The van der Waals surface area contributed by atoms with Gasteiger partial charge < -0.3 is 15.2 Å². The molecule has 3 rings (SSSR count). The average molecular weight is 342 g/mol. The highest BCUT2D eigenvalue weighted by atomic mass is 35.5. The van der Waals surface area contributed by atoms with Crippen molar-refractivity contribution in [3.05, 3.63) is 71.3 Å². The molecule has 1 amide bonds. The first-order chi connectivity index (χ1) is 11.5. The highest BCUT2D eigenvalue weighted by Crippen LogP contribution is 2.21. The van der Waals surface area contributed by atoms with Crippen molar-refractivity contribution in [2.24, 2.45) is 0 Å². The number of hydrogen-bond acceptors (Lipinski definition) is 5. The van der Waals surface area contributed by atoms with Crippen LogP contribution in [0.25, 0.3) is 5.69 Å². The zero-order valence-electron chi connectivity index (χ0n) is 12.1. The van der Waals surface area contributed by atoms with Gasteiger partial charge in [-0.25, -0.2) is 0 Å². The van der Waals surface area contributed by atoms with Crippen LogP contribution in [0, 0.1) is 0 Å². The van der Waals surface area contributed by atoms with E-state index in [1.54, 1.807) is 28.8 Å². The minimum atomic E-state index is -1.41. The summed E-state index contributed by atoms with van der Waals surface area (Å²) >= 11 is 5.77. The monoisotopic (exact) mass is 341 g/mol. The van der Waals surface area contributed by atoms with Gasteiger partial charge in [-0.3, -0.25) is 9.36 Å². The van der Waals surface area contributed by atoms with E-state index in [1.165, 1.54) is 30.9 Å². The van der Waals surface area contributed by atoms with Crippen molar-refractivity contribution in [2.75, 3.05) is 5.32 Å². The standard InChI is InChI=1S/C16H11ClN4O3/c17-14-5-4-11(7-13(14)16(23)24)20-15(22)10-2-1-3-12(6-10)21-8-18-19-9-21/h1-9H,(H,20,22)(H,23,24)/p-1. The fourth-order valence-corrected chi connectivity index (χ4v) is 2.30. The van der Waals surface area contributed by atoms with Crippen LogP contribution in [-0.4, -0.2) is 26.6 Å². The molecule has 24 heavy (non-hydrogen) atoms. The molecule has 0 aliphatic carbocycles. The van der Waals surface area contributed by atoms with Gasteiger partial charge in [0.25, 0.3) is 5.91 Å². The summed E-state index contributed by atoms with van der Waals surface area (Å²) in [5.74, 6) is -1.80. The van der Waals surface area contributed by atoms with Crippen molar-refractivity contribution in [2.45, 2.75) is 0 Å². The Kier molecular flexibility index (Phi) is 4.26. The van der Waals surface area contributed by atoms with Crippen LogP contribution in [0.2, 0.25) is 5.02 Å². The number of benzene rings is 2. The van der Waals surface area contributed by atoms with E-state index < -0.39 is 11.9 Å². The Hall–Kier alpha value is -3.19. The van der Waals surface area contributed by atoms with Crippen LogP contribution in [0.5, 0.6) is 0 Å². The maximum absolute atomic E-state index is 12.4. The Morgan fingerprint density at radius 3 is 2.54 bits per heavy atom. The van der Waals surface area contributed by atoms with E-state index in [1.807, 2.05) is 0 Å². The molecule has 0 radical (unpaired) electrons. The number of nitrogens with zero attached hydrogens (tertiary/aromatic N) is 3. The fraction of sp³-hybridized carbons (Fsp3) is 0. The predicted molar refractivity (Wildman–Crippen MR) is 85.1 cm³/mol. The van der Waals surface area contributed by atoms with Crippen LogP contribution in [0.4, 0.5) is 5.69 Å². The van der Waals surface area contributed by atoms with Crippen molar-refractivity contribution in [1.82, 2.24) is 14.8 Å². The molecular weight excluding hydrogens is 332 g/mol. The van der Waals surface area contributed by atoms with Crippen molar-refractivity contribution >= 4 is 29.2 Å². The van der Waals surface area contributed by atoms with Gasteiger partial charge in [0.1, 0.15) is 12.7 Å². The van der Waals surface area contributed by atoms with E-state index in [4.69, 9.17) is 11.6 Å². The van der Waals surface area contributed by atoms with Crippen molar-refractivity contribution in [3.8, 4) is 5.69 Å². The summed E-state index contributed by atoms with van der Waals surface area (Å²) < 4.78 is 1.66. The summed E-state index contributed by atoms with van der Waals surface area (Å²) in [5, 5.41) is 21.1. The maximum atomic E-state index is 12.4. The largest absolute Gasteiger partial charge is 0.545 e. The molecule has 2 aromatic carbocycles. The van der Waals surface area contributed by atoms with Gasteiger partial charge in [0.2, 0.25) is 0 Å². The lowest BCUT2D eigenvalue weighted by atomic mass is 10.1. The molecule has 1 aromatic heterocycles.